The molecule has 0 spiro atoms. The second-order valence-electron chi connectivity index (χ2n) is 2.50. The summed E-state index contributed by atoms with van der Waals surface area (Å²) in [6, 6.07) is 1.47. The van der Waals surface area contributed by atoms with Gasteiger partial charge in [-0.15, -0.1) is 0 Å². The third-order valence-corrected chi connectivity index (χ3v) is 1.46. The number of amides is 1. The monoisotopic (exact) mass is 199 g/mol. The van der Waals surface area contributed by atoms with Crippen LogP contribution in [0.2, 0.25) is 0 Å². The Hall–Kier alpha value is -1.82. The van der Waals surface area contributed by atoms with Gasteiger partial charge in [0, 0.05) is 0 Å². The van der Waals surface area contributed by atoms with E-state index in [0.717, 1.165) is 0 Å². The van der Waals surface area contributed by atoms with Crippen LogP contribution >= 0.6 is 0 Å². The number of nitrogens with one attached hydrogen (secondary N) is 1. The van der Waals surface area contributed by atoms with Crippen LogP contribution in [0.4, 0.5) is 0 Å². The van der Waals surface area contributed by atoms with Gasteiger partial charge in [0.15, 0.2) is 6.61 Å². The van der Waals surface area contributed by atoms with Gasteiger partial charge in [-0.25, -0.2) is 10.3 Å². The van der Waals surface area contributed by atoms with Crippen molar-refractivity contribution in [3.63, 3.8) is 0 Å². The van der Waals surface area contributed by atoms with Crippen LogP contribution in [0.3, 0.4) is 0 Å². The van der Waals surface area contributed by atoms with E-state index < -0.39 is 18.5 Å². The Morgan fingerprint density at radius 2 is 2.36 bits per heavy atom. The van der Waals surface area contributed by atoms with E-state index in [1.165, 1.54) is 12.3 Å². The molecule has 0 aliphatic heterocycles. The zero-order chi connectivity index (χ0) is 10.6. The van der Waals surface area contributed by atoms with Crippen molar-refractivity contribution < 1.29 is 24.0 Å². The van der Waals surface area contributed by atoms with Crippen LogP contribution in [0.1, 0.15) is 16.1 Å². The summed E-state index contributed by atoms with van der Waals surface area (Å²) in [5.41, 5.74) is 2.29. The maximum absolute atomic E-state index is 11.2. The number of hydrogen-bond donors (Lipinski definition) is 2. The standard InChI is InChI=1S/C8H9NO5/c1-5-6(2-3-13-5)8(12)9-14-4-7(10)11/h2-3H,4H2,1H3,(H,9,12)(H,10,11). The number of carboxylic acid groups (broad SMARTS) is 1. The Kier molecular flexibility index (Phi) is 3.24. The Bertz CT molecular complexity index is 343. The lowest BCUT2D eigenvalue weighted by molar-refractivity contribution is -0.144. The molecular formula is C8H9NO5. The zero-order valence-electron chi connectivity index (χ0n) is 7.44. The van der Waals surface area contributed by atoms with E-state index in [1.54, 1.807) is 6.92 Å². The Morgan fingerprint density at radius 3 is 2.86 bits per heavy atom. The van der Waals surface area contributed by atoms with Crippen LogP contribution in [0.5, 0.6) is 0 Å². The highest BCUT2D eigenvalue weighted by Crippen LogP contribution is 2.07. The number of carboxylic acids is 1. The summed E-state index contributed by atoms with van der Waals surface area (Å²) in [6.45, 7) is 1.04. The molecule has 14 heavy (non-hydrogen) atoms. The molecule has 1 heterocycles. The van der Waals surface area contributed by atoms with Crippen molar-refractivity contribution in [2.75, 3.05) is 6.61 Å². The molecule has 0 bridgehead atoms. The van der Waals surface area contributed by atoms with Gasteiger partial charge in [-0.2, -0.15) is 0 Å². The molecule has 2 N–H and O–H groups in total. The quantitative estimate of drug-likeness (QED) is 0.682. The predicted molar refractivity (Wildman–Crippen MR) is 44.5 cm³/mol. The lowest BCUT2D eigenvalue weighted by Crippen LogP contribution is -2.26. The summed E-state index contributed by atoms with van der Waals surface area (Å²) >= 11 is 0. The molecule has 1 aromatic rings. The third kappa shape index (κ3) is 2.60. The highest BCUT2D eigenvalue weighted by atomic mass is 16.7. The molecule has 0 fully saturated rings. The molecule has 0 saturated carbocycles. The molecular weight excluding hydrogens is 190 g/mol. The van der Waals surface area contributed by atoms with E-state index in [-0.39, 0.29) is 0 Å². The molecule has 6 nitrogen and oxygen atoms in total. The topological polar surface area (TPSA) is 88.8 Å². The van der Waals surface area contributed by atoms with E-state index in [4.69, 9.17) is 9.52 Å². The first-order valence-electron chi connectivity index (χ1n) is 3.79. The van der Waals surface area contributed by atoms with Gasteiger partial charge in [0.2, 0.25) is 0 Å². The second kappa shape index (κ2) is 4.43. The minimum atomic E-state index is -1.16. The molecule has 0 radical (unpaired) electrons. The average Bonchev–Trinajstić information content (AvgIpc) is 2.50. The van der Waals surface area contributed by atoms with Crippen LogP contribution in [0, 0.1) is 6.92 Å². The first kappa shape index (κ1) is 10.3. The second-order valence-corrected chi connectivity index (χ2v) is 2.50. The number of aliphatic carboxylic acids is 1. The van der Waals surface area contributed by atoms with E-state index in [0.29, 0.717) is 11.3 Å². The van der Waals surface area contributed by atoms with Crippen LogP contribution in [-0.2, 0) is 9.63 Å². The minimum absolute atomic E-state index is 0.315. The molecule has 1 amide bonds. The van der Waals surface area contributed by atoms with Gasteiger partial charge in [-0.3, -0.25) is 9.63 Å². The van der Waals surface area contributed by atoms with Crippen molar-refractivity contribution in [1.82, 2.24) is 5.48 Å². The molecule has 0 aliphatic rings. The Labute approximate surface area is 79.4 Å². The van der Waals surface area contributed by atoms with Crippen molar-refractivity contribution >= 4 is 11.9 Å². The molecule has 76 valence electrons. The summed E-state index contributed by atoms with van der Waals surface area (Å²) in [6.07, 6.45) is 1.36. The predicted octanol–water partition coefficient (Wildman–Crippen LogP) is 0.334. The number of aryl methyl sites for hydroxylation is 1. The zero-order valence-corrected chi connectivity index (χ0v) is 7.44. The van der Waals surface area contributed by atoms with Gasteiger partial charge in [0.05, 0.1) is 11.8 Å². The fourth-order valence-corrected chi connectivity index (χ4v) is 0.839. The van der Waals surface area contributed by atoms with Gasteiger partial charge in [0.1, 0.15) is 5.76 Å². The van der Waals surface area contributed by atoms with Crippen molar-refractivity contribution in [2.24, 2.45) is 0 Å². The van der Waals surface area contributed by atoms with Gasteiger partial charge >= 0.3 is 5.97 Å². The van der Waals surface area contributed by atoms with Crippen molar-refractivity contribution in [3.8, 4) is 0 Å². The average molecular weight is 199 g/mol. The summed E-state index contributed by atoms with van der Waals surface area (Å²) in [4.78, 5) is 25.7. The smallest absolute Gasteiger partial charge is 0.332 e. The summed E-state index contributed by atoms with van der Waals surface area (Å²) in [5.74, 6) is -1.24. The van der Waals surface area contributed by atoms with E-state index in [1.807, 2.05) is 5.48 Å². The fraction of sp³-hybridized carbons (Fsp3) is 0.250. The van der Waals surface area contributed by atoms with Gasteiger partial charge in [0.25, 0.3) is 5.91 Å². The minimum Gasteiger partial charge on any atom is -0.479 e. The van der Waals surface area contributed by atoms with E-state index in [9.17, 15) is 9.59 Å². The first-order chi connectivity index (χ1) is 6.61. The van der Waals surface area contributed by atoms with Gasteiger partial charge in [-0.1, -0.05) is 0 Å². The Morgan fingerprint density at radius 1 is 1.64 bits per heavy atom. The lowest BCUT2D eigenvalue weighted by atomic mass is 10.2. The Balaban J connectivity index is 2.44. The van der Waals surface area contributed by atoms with Crippen LogP contribution in [0.15, 0.2) is 16.7 Å². The highest BCUT2D eigenvalue weighted by molar-refractivity contribution is 5.94. The van der Waals surface area contributed by atoms with Crippen LogP contribution < -0.4 is 5.48 Å². The normalized spacial score (nSPS) is 9.79. The van der Waals surface area contributed by atoms with Crippen molar-refractivity contribution in [2.45, 2.75) is 6.92 Å². The van der Waals surface area contributed by atoms with Gasteiger partial charge < -0.3 is 9.52 Å². The number of furan rings is 1. The first-order valence-corrected chi connectivity index (χ1v) is 3.79. The van der Waals surface area contributed by atoms with Crippen molar-refractivity contribution in [3.05, 3.63) is 23.7 Å². The fourth-order valence-electron chi connectivity index (χ4n) is 0.839. The highest BCUT2D eigenvalue weighted by Gasteiger charge is 2.11. The SMILES string of the molecule is Cc1occc1C(=O)NOCC(=O)O. The van der Waals surface area contributed by atoms with Gasteiger partial charge in [-0.05, 0) is 13.0 Å². The number of hydrogen-bond acceptors (Lipinski definition) is 4. The summed E-state index contributed by atoms with van der Waals surface area (Å²) in [7, 11) is 0. The van der Waals surface area contributed by atoms with E-state index >= 15 is 0 Å². The summed E-state index contributed by atoms with van der Waals surface area (Å²) < 4.78 is 4.88. The molecule has 0 saturated heterocycles. The number of carbonyl (C=O) groups excluding carboxylic acids is 1. The maximum atomic E-state index is 11.2. The van der Waals surface area contributed by atoms with Crippen molar-refractivity contribution in [1.29, 1.82) is 0 Å². The van der Waals surface area contributed by atoms with E-state index in [2.05, 4.69) is 4.84 Å². The summed E-state index contributed by atoms with van der Waals surface area (Å²) in [5, 5.41) is 8.22. The third-order valence-electron chi connectivity index (χ3n) is 1.46. The molecule has 0 aromatic carbocycles. The number of carbonyl (C=O) groups is 2. The molecule has 1 aromatic heterocycles. The molecule has 6 heteroatoms. The van der Waals surface area contributed by atoms with Crippen LogP contribution in [-0.4, -0.2) is 23.6 Å². The number of hydroxylamine groups is 1. The molecule has 0 unspecified atom stereocenters. The lowest BCUT2D eigenvalue weighted by Gasteiger charge is -2.01. The number of rotatable bonds is 4. The molecule has 0 atom stereocenters. The molecule has 1 rings (SSSR count). The molecule has 0 aliphatic carbocycles. The largest absolute Gasteiger partial charge is 0.479 e. The van der Waals surface area contributed by atoms with Crippen LogP contribution in [0.25, 0.3) is 0 Å². The maximum Gasteiger partial charge on any atom is 0.332 e.